The van der Waals surface area contributed by atoms with Gasteiger partial charge in [-0.05, 0) is 43.2 Å². The monoisotopic (exact) mass is 397 g/mol. The first kappa shape index (κ1) is 20.8. The van der Waals surface area contributed by atoms with Gasteiger partial charge in [0.2, 0.25) is 0 Å². The summed E-state index contributed by atoms with van der Waals surface area (Å²) in [6, 6.07) is 11.3. The number of aliphatic hydroxyl groups is 1. The fourth-order valence-electron chi connectivity index (χ4n) is 2.47. The second kappa shape index (κ2) is 10.6. The van der Waals surface area contributed by atoms with Gasteiger partial charge in [0.25, 0.3) is 0 Å². The molecule has 0 aromatic heterocycles. The van der Waals surface area contributed by atoms with E-state index in [-0.39, 0.29) is 19.3 Å². The molecule has 0 amide bonds. The number of hydrogen-bond donors (Lipinski definition) is 2. The summed E-state index contributed by atoms with van der Waals surface area (Å²) >= 11 is 12.4. The minimum atomic E-state index is 0.0869. The average Bonchev–Trinajstić information content (AvgIpc) is 2.64. The summed E-state index contributed by atoms with van der Waals surface area (Å²) in [5.41, 5.74) is 1.81. The topological polar surface area (TPSA) is 50.7 Å². The van der Waals surface area contributed by atoms with Crippen LogP contribution in [0.25, 0.3) is 0 Å². The van der Waals surface area contributed by atoms with Gasteiger partial charge < -0.3 is 19.9 Å². The molecular weight excluding hydrogens is 373 g/mol. The summed E-state index contributed by atoms with van der Waals surface area (Å²) in [5.74, 6) is 1.31. The molecule has 0 spiro atoms. The van der Waals surface area contributed by atoms with E-state index < -0.39 is 0 Å². The summed E-state index contributed by atoms with van der Waals surface area (Å²) < 4.78 is 11.6. The zero-order valence-corrected chi connectivity index (χ0v) is 16.6. The molecule has 6 heteroatoms. The van der Waals surface area contributed by atoms with Crippen LogP contribution in [0.4, 0.5) is 0 Å². The van der Waals surface area contributed by atoms with Crippen molar-refractivity contribution in [3.8, 4) is 11.5 Å². The van der Waals surface area contributed by atoms with Crippen molar-refractivity contribution in [1.82, 2.24) is 5.32 Å². The molecule has 2 rings (SSSR count). The summed E-state index contributed by atoms with van der Waals surface area (Å²) in [7, 11) is 0. The molecule has 0 radical (unpaired) electrons. The molecule has 2 aromatic carbocycles. The van der Waals surface area contributed by atoms with Crippen molar-refractivity contribution in [3.05, 3.63) is 57.6 Å². The summed E-state index contributed by atoms with van der Waals surface area (Å²) in [5, 5.41) is 13.7. The van der Waals surface area contributed by atoms with Gasteiger partial charge in [-0.1, -0.05) is 42.3 Å². The predicted molar refractivity (Wildman–Crippen MR) is 106 cm³/mol. The zero-order valence-electron chi connectivity index (χ0n) is 15.1. The van der Waals surface area contributed by atoms with E-state index in [0.717, 1.165) is 17.5 Å². The maximum Gasteiger partial charge on any atom is 0.161 e. The Hall–Kier alpha value is -1.46. The smallest absolute Gasteiger partial charge is 0.161 e. The molecule has 142 valence electrons. The fourth-order valence-corrected chi connectivity index (χ4v) is 2.98. The third-order valence-electron chi connectivity index (χ3n) is 4.05. The molecule has 0 aliphatic heterocycles. The second-order valence-electron chi connectivity index (χ2n) is 5.87. The van der Waals surface area contributed by atoms with Crippen LogP contribution in [-0.4, -0.2) is 24.4 Å². The van der Waals surface area contributed by atoms with E-state index >= 15 is 0 Å². The molecule has 2 N–H and O–H groups in total. The molecule has 0 bridgehead atoms. The number of ether oxygens (including phenoxy) is 2. The van der Waals surface area contributed by atoms with E-state index in [1.165, 1.54) is 0 Å². The predicted octanol–water partition coefficient (Wildman–Crippen LogP) is 4.83. The molecule has 4 nitrogen and oxygen atoms in total. The molecule has 0 saturated carbocycles. The first-order valence-corrected chi connectivity index (χ1v) is 9.50. The van der Waals surface area contributed by atoms with Crippen LogP contribution in [0.1, 0.15) is 31.4 Å². The molecule has 0 fully saturated rings. The summed E-state index contributed by atoms with van der Waals surface area (Å²) in [6.45, 7) is 5.53. The Labute approximate surface area is 165 Å². The third kappa shape index (κ3) is 5.78. The van der Waals surface area contributed by atoms with E-state index in [1.807, 2.05) is 32.0 Å². The minimum absolute atomic E-state index is 0.0869. The molecule has 2 aromatic rings. The lowest BCUT2D eigenvalue weighted by Crippen LogP contribution is -2.31. The van der Waals surface area contributed by atoms with Gasteiger partial charge in [-0.25, -0.2) is 0 Å². The van der Waals surface area contributed by atoms with Gasteiger partial charge in [0.15, 0.2) is 11.5 Å². The van der Waals surface area contributed by atoms with Crippen molar-refractivity contribution in [1.29, 1.82) is 0 Å². The van der Waals surface area contributed by atoms with Crippen molar-refractivity contribution >= 4 is 23.2 Å². The highest BCUT2D eigenvalue weighted by Gasteiger charge is 2.11. The quantitative estimate of drug-likeness (QED) is 0.602. The van der Waals surface area contributed by atoms with E-state index in [4.69, 9.17) is 32.7 Å². The number of halogens is 2. The Morgan fingerprint density at radius 2 is 1.77 bits per heavy atom. The maximum atomic E-state index is 9.28. The van der Waals surface area contributed by atoms with E-state index in [0.29, 0.717) is 34.7 Å². The van der Waals surface area contributed by atoms with E-state index in [9.17, 15) is 5.11 Å². The Bertz CT molecular complexity index is 685. The van der Waals surface area contributed by atoms with Crippen LogP contribution in [-0.2, 0) is 13.2 Å². The van der Waals surface area contributed by atoms with Gasteiger partial charge >= 0.3 is 0 Å². The second-order valence-corrected chi connectivity index (χ2v) is 6.69. The molecule has 0 heterocycles. The first-order valence-electron chi connectivity index (χ1n) is 8.74. The Balaban J connectivity index is 2.10. The van der Waals surface area contributed by atoms with Crippen molar-refractivity contribution in [2.75, 3.05) is 13.2 Å². The van der Waals surface area contributed by atoms with Crippen LogP contribution in [0.15, 0.2) is 36.4 Å². The standard InChI is InChI=1S/C20H25Cl2NO3/c1-3-15(12-24)23-11-14-8-9-19(20(10-14)25-4-2)26-13-16-17(21)6-5-7-18(16)22/h5-10,15,23-24H,3-4,11-13H2,1-2H3/t15-/m0/s1. The van der Waals surface area contributed by atoms with Gasteiger partial charge in [0.1, 0.15) is 6.61 Å². The van der Waals surface area contributed by atoms with E-state index in [2.05, 4.69) is 5.32 Å². The fraction of sp³-hybridized carbons (Fsp3) is 0.400. The lowest BCUT2D eigenvalue weighted by atomic mass is 10.1. The van der Waals surface area contributed by atoms with Gasteiger partial charge in [-0.15, -0.1) is 0 Å². The Morgan fingerprint density at radius 3 is 2.38 bits per heavy atom. The highest BCUT2D eigenvalue weighted by molar-refractivity contribution is 6.35. The average molecular weight is 398 g/mol. The van der Waals surface area contributed by atoms with Crippen LogP contribution in [0.5, 0.6) is 11.5 Å². The van der Waals surface area contributed by atoms with Crippen molar-refractivity contribution < 1.29 is 14.6 Å². The summed E-state index contributed by atoms with van der Waals surface area (Å²) in [6.07, 6.45) is 0.870. The van der Waals surface area contributed by atoms with Gasteiger partial charge in [-0.3, -0.25) is 0 Å². The molecule has 0 saturated heterocycles. The maximum absolute atomic E-state index is 9.28. The SMILES string of the molecule is CCOc1cc(CN[C@@H](CC)CO)ccc1OCc1c(Cl)cccc1Cl. The van der Waals surface area contributed by atoms with Gasteiger partial charge in [0, 0.05) is 28.2 Å². The van der Waals surface area contributed by atoms with Crippen LogP contribution >= 0.6 is 23.2 Å². The number of nitrogens with one attached hydrogen (secondary N) is 1. The molecule has 0 aliphatic rings. The number of rotatable bonds is 10. The van der Waals surface area contributed by atoms with Crippen molar-refractivity contribution in [2.45, 2.75) is 39.5 Å². The van der Waals surface area contributed by atoms with Crippen molar-refractivity contribution in [2.24, 2.45) is 0 Å². The van der Waals surface area contributed by atoms with E-state index in [1.54, 1.807) is 18.2 Å². The largest absolute Gasteiger partial charge is 0.490 e. The first-order chi connectivity index (χ1) is 12.6. The van der Waals surface area contributed by atoms with Crippen LogP contribution < -0.4 is 14.8 Å². The Kier molecular flexibility index (Phi) is 8.52. The zero-order chi connectivity index (χ0) is 18.9. The molecule has 1 atom stereocenters. The lowest BCUT2D eigenvalue weighted by molar-refractivity contribution is 0.238. The molecular formula is C20H25Cl2NO3. The number of hydrogen-bond acceptors (Lipinski definition) is 4. The van der Waals surface area contributed by atoms with Gasteiger partial charge in [0.05, 0.1) is 13.2 Å². The number of aliphatic hydroxyl groups excluding tert-OH is 1. The van der Waals surface area contributed by atoms with Crippen LogP contribution in [0.3, 0.4) is 0 Å². The lowest BCUT2D eigenvalue weighted by Gasteiger charge is -2.17. The molecule has 0 unspecified atom stereocenters. The number of benzene rings is 2. The Morgan fingerprint density at radius 1 is 1.04 bits per heavy atom. The van der Waals surface area contributed by atoms with Crippen LogP contribution in [0, 0.1) is 0 Å². The van der Waals surface area contributed by atoms with Crippen molar-refractivity contribution in [3.63, 3.8) is 0 Å². The van der Waals surface area contributed by atoms with Crippen LogP contribution in [0.2, 0.25) is 10.0 Å². The molecule has 26 heavy (non-hydrogen) atoms. The van der Waals surface area contributed by atoms with Gasteiger partial charge in [-0.2, -0.15) is 0 Å². The summed E-state index contributed by atoms with van der Waals surface area (Å²) in [4.78, 5) is 0. The highest BCUT2D eigenvalue weighted by atomic mass is 35.5. The minimum Gasteiger partial charge on any atom is -0.490 e. The normalized spacial score (nSPS) is 12.0. The molecule has 0 aliphatic carbocycles. The third-order valence-corrected chi connectivity index (χ3v) is 4.76. The highest BCUT2D eigenvalue weighted by Crippen LogP contribution is 2.31.